The van der Waals surface area contributed by atoms with Crippen molar-refractivity contribution in [2.75, 3.05) is 18.4 Å². The van der Waals surface area contributed by atoms with Gasteiger partial charge < -0.3 is 10.2 Å². The molecule has 0 saturated carbocycles. The highest BCUT2D eigenvalue weighted by molar-refractivity contribution is 7.12. The Hall–Kier alpha value is -2.18. The van der Waals surface area contributed by atoms with Crippen molar-refractivity contribution in [3.63, 3.8) is 0 Å². The van der Waals surface area contributed by atoms with E-state index in [0.29, 0.717) is 6.54 Å². The number of thiophene rings is 1. The zero-order valence-corrected chi connectivity index (χ0v) is 17.8. The molecule has 0 aliphatic carbocycles. The molecule has 4 rings (SSSR count). The molecule has 2 aromatic rings. The van der Waals surface area contributed by atoms with E-state index in [1.807, 2.05) is 29.3 Å². The van der Waals surface area contributed by atoms with Crippen molar-refractivity contribution in [3.05, 3.63) is 51.7 Å². The number of anilines is 1. The summed E-state index contributed by atoms with van der Waals surface area (Å²) < 4.78 is 0. The van der Waals surface area contributed by atoms with Gasteiger partial charge >= 0.3 is 0 Å². The van der Waals surface area contributed by atoms with Crippen LogP contribution in [0, 0.1) is 6.92 Å². The van der Waals surface area contributed by atoms with Crippen molar-refractivity contribution in [3.8, 4) is 0 Å². The van der Waals surface area contributed by atoms with Crippen molar-refractivity contribution in [1.29, 1.82) is 0 Å². The number of para-hydroxylation sites is 1. The smallest absolute Gasteiger partial charge is 0.264 e. The van der Waals surface area contributed by atoms with Crippen LogP contribution in [0.2, 0.25) is 0 Å². The molecule has 0 unspecified atom stereocenters. The number of nitrogens with one attached hydrogen (secondary N) is 2. The minimum Gasteiger partial charge on any atom is -0.342 e. The lowest BCUT2D eigenvalue weighted by atomic mass is 9.95. The molecule has 2 N–H and O–H groups in total. The molecule has 2 aliphatic rings. The van der Waals surface area contributed by atoms with Crippen LogP contribution in [0.25, 0.3) is 0 Å². The van der Waals surface area contributed by atoms with Gasteiger partial charge in [0.25, 0.3) is 5.91 Å². The molecule has 6 heteroatoms. The van der Waals surface area contributed by atoms with E-state index < -0.39 is 0 Å². The van der Waals surface area contributed by atoms with Crippen LogP contribution >= 0.6 is 11.3 Å². The SMILES string of the molecule is Cc1ccsc1C(=O)N1CC[C@]2(C1)NCc1ccccc1NC2=NC(C)(C)C. The molecule has 0 bridgehead atoms. The van der Waals surface area contributed by atoms with E-state index in [4.69, 9.17) is 4.99 Å². The maximum absolute atomic E-state index is 13.1. The Balaban J connectivity index is 1.68. The number of aliphatic imine (C=N–C) groups is 1. The Morgan fingerprint density at radius 2 is 2.04 bits per heavy atom. The molecule has 3 heterocycles. The Morgan fingerprint density at radius 3 is 2.75 bits per heavy atom. The quantitative estimate of drug-likeness (QED) is 0.764. The van der Waals surface area contributed by atoms with Crippen molar-refractivity contribution >= 4 is 28.8 Å². The highest BCUT2D eigenvalue weighted by atomic mass is 32.1. The number of carbonyl (C=O) groups excluding carboxylic acids is 1. The molecule has 28 heavy (non-hydrogen) atoms. The van der Waals surface area contributed by atoms with Crippen LogP contribution in [0.5, 0.6) is 0 Å². The number of fused-ring (bicyclic) bond motifs is 1. The van der Waals surface area contributed by atoms with E-state index in [1.54, 1.807) is 0 Å². The third kappa shape index (κ3) is 3.59. The Labute approximate surface area is 170 Å². The zero-order chi connectivity index (χ0) is 19.9. The van der Waals surface area contributed by atoms with Crippen molar-refractivity contribution in [1.82, 2.24) is 10.2 Å². The second-order valence-corrected chi connectivity index (χ2v) is 9.67. The van der Waals surface area contributed by atoms with Gasteiger partial charge in [0.2, 0.25) is 0 Å². The molecular weight excluding hydrogens is 368 g/mol. The molecule has 1 aromatic carbocycles. The van der Waals surface area contributed by atoms with Gasteiger partial charge in [-0.3, -0.25) is 15.1 Å². The van der Waals surface area contributed by atoms with E-state index in [0.717, 1.165) is 41.5 Å². The number of hydrogen-bond donors (Lipinski definition) is 2. The topological polar surface area (TPSA) is 56.7 Å². The average Bonchev–Trinajstić information content (AvgIpc) is 3.22. The number of benzene rings is 1. The second-order valence-electron chi connectivity index (χ2n) is 8.76. The van der Waals surface area contributed by atoms with Crippen LogP contribution < -0.4 is 10.6 Å². The van der Waals surface area contributed by atoms with Crippen LogP contribution in [0.4, 0.5) is 5.69 Å². The fourth-order valence-electron chi connectivity index (χ4n) is 3.92. The van der Waals surface area contributed by atoms with Gasteiger partial charge in [0.15, 0.2) is 0 Å². The lowest BCUT2D eigenvalue weighted by Crippen LogP contribution is -2.56. The summed E-state index contributed by atoms with van der Waals surface area (Å²) in [5.74, 6) is 1.06. The average molecular weight is 397 g/mol. The highest BCUT2D eigenvalue weighted by Gasteiger charge is 2.46. The molecule has 5 nitrogen and oxygen atoms in total. The minimum atomic E-state index is -0.354. The van der Waals surface area contributed by atoms with Crippen molar-refractivity contribution in [2.45, 2.75) is 51.7 Å². The van der Waals surface area contributed by atoms with Crippen LogP contribution in [-0.2, 0) is 6.54 Å². The van der Waals surface area contributed by atoms with Crippen LogP contribution in [0.1, 0.15) is 48.0 Å². The second kappa shape index (κ2) is 7.01. The maximum Gasteiger partial charge on any atom is 0.264 e. The van der Waals surface area contributed by atoms with Crippen LogP contribution in [-0.4, -0.2) is 40.8 Å². The first-order chi connectivity index (χ1) is 13.3. The molecule has 1 spiro atoms. The summed E-state index contributed by atoms with van der Waals surface area (Å²) in [5, 5.41) is 9.34. The number of likely N-dealkylation sites (tertiary alicyclic amines) is 1. The summed E-state index contributed by atoms with van der Waals surface area (Å²) in [5.41, 5.74) is 2.80. The summed E-state index contributed by atoms with van der Waals surface area (Å²) in [4.78, 5) is 21.0. The summed E-state index contributed by atoms with van der Waals surface area (Å²) in [6.07, 6.45) is 0.846. The minimum absolute atomic E-state index is 0.128. The Bertz CT molecular complexity index is 927. The molecule has 2 aliphatic heterocycles. The first kappa shape index (κ1) is 19.2. The Morgan fingerprint density at radius 1 is 1.25 bits per heavy atom. The summed E-state index contributed by atoms with van der Waals surface area (Å²) >= 11 is 1.53. The molecule has 1 fully saturated rings. The number of carbonyl (C=O) groups is 1. The highest BCUT2D eigenvalue weighted by Crippen LogP contribution is 2.32. The van der Waals surface area contributed by atoms with E-state index in [1.165, 1.54) is 16.9 Å². The number of amides is 1. The monoisotopic (exact) mass is 396 g/mol. The van der Waals surface area contributed by atoms with Crippen molar-refractivity contribution < 1.29 is 4.79 Å². The Kier molecular flexibility index (Phi) is 4.79. The fourth-order valence-corrected chi connectivity index (χ4v) is 4.81. The van der Waals surface area contributed by atoms with Gasteiger partial charge in [-0.15, -0.1) is 11.3 Å². The van der Waals surface area contributed by atoms with E-state index in [2.05, 4.69) is 49.6 Å². The van der Waals surface area contributed by atoms with E-state index in [-0.39, 0.29) is 17.0 Å². The largest absolute Gasteiger partial charge is 0.342 e. The molecule has 148 valence electrons. The van der Waals surface area contributed by atoms with Crippen LogP contribution in [0.15, 0.2) is 40.7 Å². The predicted molar refractivity (Wildman–Crippen MR) is 116 cm³/mol. The summed E-state index contributed by atoms with van der Waals surface area (Å²) in [6.45, 7) is 10.4. The predicted octanol–water partition coefficient (Wildman–Crippen LogP) is 4.05. The van der Waals surface area contributed by atoms with Crippen molar-refractivity contribution in [2.24, 2.45) is 4.99 Å². The first-order valence-corrected chi connectivity index (χ1v) is 10.7. The number of hydrogen-bond acceptors (Lipinski definition) is 4. The van der Waals surface area contributed by atoms with Crippen LogP contribution in [0.3, 0.4) is 0 Å². The van der Waals surface area contributed by atoms with Gasteiger partial charge in [-0.25, -0.2) is 0 Å². The molecule has 1 aromatic heterocycles. The summed E-state index contributed by atoms with van der Waals surface area (Å²) in [6, 6.07) is 10.3. The summed E-state index contributed by atoms with van der Waals surface area (Å²) in [7, 11) is 0. The number of rotatable bonds is 1. The van der Waals surface area contributed by atoms with Gasteiger partial charge in [0, 0.05) is 25.3 Å². The first-order valence-electron chi connectivity index (χ1n) is 9.81. The lowest BCUT2D eigenvalue weighted by molar-refractivity contribution is 0.0790. The van der Waals surface area contributed by atoms with Gasteiger partial charge in [-0.1, -0.05) is 18.2 Å². The molecular formula is C22H28N4OS. The lowest BCUT2D eigenvalue weighted by Gasteiger charge is -2.32. The third-order valence-electron chi connectivity index (χ3n) is 5.40. The molecule has 1 saturated heterocycles. The standard InChI is InChI=1S/C22H28N4OS/c1-15-9-12-28-18(15)19(27)26-11-10-22(14-26)20(25-21(2,3)4)24-17-8-6-5-7-16(17)13-23-22/h5-9,12,23H,10-11,13-14H2,1-4H3,(H,24,25)/t22-/m1/s1. The van der Waals surface area contributed by atoms with Gasteiger partial charge in [0.05, 0.1) is 16.0 Å². The fraction of sp³-hybridized carbons (Fsp3) is 0.455. The molecule has 1 amide bonds. The number of aryl methyl sites for hydroxylation is 1. The zero-order valence-electron chi connectivity index (χ0n) is 17.0. The van der Waals surface area contributed by atoms with Gasteiger partial charge in [-0.2, -0.15) is 0 Å². The maximum atomic E-state index is 13.1. The third-order valence-corrected chi connectivity index (χ3v) is 6.41. The number of nitrogens with zero attached hydrogens (tertiary/aromatic N) is 2. The number of amidine groups is 1. The van der Waals surface area contributed by atoms with Gasteiger partial charge in [0.1, 0.15) is 5.84 Å². The van der Waals surface area contributed by atoms with E-state index in [9.17, 15) is 4.79 Å². The normalized spacial score (nSPS) is 23.6. The molecule has 1 atom stereocenters. The van der Waals surface area contributed by atoms with E-state index >= 15 is 0 Å². The van der Waals surface area contributed by atoms with Gasteiger partial charge in [-0.05, 0) is 62.8 Å². The molecule has 0 radical (unpaired) electrons.